The van der Waals surface area contributed by atoms with Crippen molar-refractivity contribution in [2.45, 2.75) is 33.2 Å². The van der Waals surface area contributed by atoms with E-state index < -0.39 is 0 Å². The number of nitrogens with zero attached hydrogens (tertiary/aromatic N) is 4. The number of aromatic nitrogens is 3. The van der Waals surface area contributed by atoms with Gasteiger partial charge in [-0.15, -0.1) is 11.3 Å². The normalized spacial score (nSPS) is 14.9. The van der Waals surface area contributed by atoms with Gasteiger partial charge in [0, 0.05) is 42.7 Å². The first-order valence-electron chi connectivity index (χ1n) is 9.79. The first-order valence-corrected chi connectivity index (χ1v) is 10.6. The summed E-state index contributed by atoms with van der Waals surface area (Å²) in [5.41, 5.74) is 2.24. The third-order valence-corrected chi connectivity index (χ3v) is 6.70. The van der Waals surface area contributed by atoms with Crippen LogP contribution in [0.4, 0.5) is 5.82 Å². The summed E-state index contributed by atoms with van der Waals surface area (Å²) in [5, 5.41) is 4.21. The average Bonchev–Trinajstić information content (AvgIpc) is 3.06. The minimum Gasteiger partial charge on any atom is -0.481 e. The van der Waals surface area contributed by atoms with E-state index in [-0.39, 0.29) is 11.8 Å². The Kier molecular flexibility index (Phi) is 5.62. The first kappa shape index (κ1) is 19.6. The molecule has 4 heterocycles. The molecule has 8 heteroatoms. The number of anilines is 1. The van der Waals surface area contributed by atoms with Gasteiger partial charge in [-0.2, -0.15) is 0 Å². The van der Waals surface area contributed by atoms with Crippen LogP contribution in [-0.2, 0) is 11.3 Å². The Balaban J connectivity index is 1.37. The molecule has 0 saturated carbocycles. The Labute approximate surface area is 174 Å². The fourth-order valence-electron chi connectivity index (χ4n) is 3.76. The third kappa shape index (κ3) is 4.03. The van der Waals surface area contributed by atoms with Gasteiger partial charge < -0.3 is 15.0 Å². The Bertz CT molecular complexity index is 1030. The number of amides is 1. The Morgan fingerprint density at radius 2 is 2.07 bits per heavy atom. The van der Waals surface area contributed by atoms with Crippen LogP contribution in [0.1, 0.15) is 28.8 Å². The molecule has 1 saturated heterocycles. The Hall–Kier alpha value is -2.74. The van der Waals surface area contributed by atoms with Gasteiger partial charge in [-0.25, -0.2) is 15.0 Å². The van der Waals surface area contributed by atoms with E-state index in [9.17, 15) is 4.79 Å². The number of hydrogen-bond donors (Lipinski definition) is 1. The van der Waals surface area contributed by atoms with E-state index in [1.54, 1.807) is 31.0 Å². The van der Waals surface area contributed by atoms with E-state index in [0.29, 0.717) is 12.4 Å². The van der Waals surface area contributed by atoms with Crippen LogP contribution in [0.15, 0.2) is 24.7 Å². The minimum absolute atomic E-state index is 0.0256. The molecule has 152 valence electrons. The maximum atomic E-state index is 12.6. The van der Waals surface area contributed by atoms with Crippen LogP contribution in [0.25, 0.3) is 10.2 Å². The number of ether oxygens (including phenoxy) is 1. The monoisotopic (exact) mass is 411 g/mol. The molecule has 0 atom stereocenters. The van der Waals surface area contributed by atoms with Crippen LogP contribution in [0, 0.1) is 19.8 Å². The fraction of sp³-hybridized carbons (Fsp3) is 0.429. The quantitative estimate of drug-likeness (QED) is 0.694. The molecule has 0 aliphatic carbocycles. The van der Waals surface area contributed by atoms with Crippen LogP contribution in [-0.4, -0.2) is 41.1 Å². The van der Waals surface area contributed by atoms with E-state index in [1.807, 2.05) is 12.1 Å². The number of nitrogens with one attached hydrogen (secondary N) is 1. The van der Waals surface area contributed by atoms with Crippen molar-refractivity contribution in [3.63, 3.8) is 0 Å². The number of carbonyl (C=O) groups is 1. The molecule has 4 rings (SSSR count). The number of thiophene rings is 1. The maximum absolute atomic E-state index is 12.6. The molecular formula is C21H25N5O2S. The van der Waals surface area contributed by atoms with E-state index in [4.69, 9.17) is 4.74 Å². The van der Waals surface area contributed by atoms with Gasteiger partial charge >= 0.3 is 0 Å². The first-order chi connectivity index (χ1) is 14.1. The summed E-state index contributed by atoms with van der Waals surface area (Å²) in [4.78, 5) is 30.3. The van der Waals surface area contributed by atoms with Gasteiger partial charge in [-0.05, 0) is 43.9 Å². The smallest absolute Gasteiger partial charge is 0.223 e. The van der Waals surface area contributed by atoms with Gasteiger partial charge in [0.05, 0.1) is 12.5 Å². The van der Waals surface area contributed by atoms with Gasteiger partial charge in [0.15, 0.2) is 0 Å². The minimum atomic E-state index is 0.0256. The fourth-order valence-corrected chi connectivity index (χ4v) is 4.75. The van der Waals surface area contributed by atoms with Crippen LogP contribution < -0.4 is 15.0 Å². The Morgan fingerprint density at radius 1 is 1.28 bits per heavy atom. The SMILES string of the molecule is COc1cc(CNC(=O)C2CCN(c3ncnc4sc(C)c(C)c34)CC2)ccn1. The summed E-state index contributed by atoms with van der Waals surface area (Å²) in [7, 11) is 1.59. The molecule has 7 nitrogen and oxygen atoms in total. The summed E-state index contributed by atoms with van der Waals surface area (Å²) in [6, 6.07) is 3.73. The molecule has 0 bridgehead atoms. The average molecular weight is 412 g/mol. The highest BCUT2D eigenvalue weighted by Crippen LogP contribution is 2.35. The second-order valence-corrected chi connectivity index (χ2v) is 8.55. The summed E-state index contributed by atoms with van der Waals surface area (Å²) in [6.45, 7) is 6.39. The number of carbonyl (C=O) groups excluding carboxylic acids is 1. The lowest BCUT2D eigenvalue weighted by molar-refractivity contribution is -0.125. The van der Waals surface area contributed by atoms with Crippen molar-refractivity contribution in [3.05, 3.63) is 40.7 Å². The zero-order valence-electron chi connectivity index (χ0n) is 16.9. The number of piperidine rings is 1. The number of methoxy groups -OCH3 is 1. The van der Waals surface area contributed by atoms with Crippen molar-refractivity contribution in [1.82, 2.24) is 20.3 Å². The topological polar surface area (TPSA) is 80.2 Å². The van der Waals surface area contributed by atoms with E-state index >= 15 is 0 Å². The summed E-state index contributed by atoms with van der Waals surface area (Å²) >= 11 is 1.71. The number of fused-ring (bicyclic) bond motifs is 1. The van der Waals surface area contributed by atoms with E-state index in [2.05, 4.69) is 39.0 Å². The maximum Gasteiger partial charge on any atom is 0.223 e. The second kappa shape index (κ2) is 8.32. The molecule has 29 heavy (non-hydrogen) atoms. The molecule has 1 aliphatic heterocycles. The highest BCUT2D eigenvalue weighted by atomic mass is 32.1. The van der Waals surface area contributed by atoms with E-state index in [1.165, 1.54) is 10.4 Å². The Morgan fingerprint density at radius 3 is 2.83 bits per heavy atom. The van der Waals surface area contributed by atoms with Crippen molar-refractivity contribution in [3.8, 4) is 5.88 Å². The molecule has 0 radical (unpaired) electrons. The number of aryl methyl sites for hydroxylation is 2. The highest BCUT2D eigenvalue weighted by Gasteiger charge is 2.27. The molecule has 3 aromatic heterocycles. The number of rotatable bonds is 5. The van der Waals surface area contributed by atoms with Gasteiger partial charge in [-0.3, -0.25) is 4.79 Å². The molecule has 0 spiro atoms. The second-order valence-electron chi connectivity index (χ2n) is 7.35. The standard InChI is InChI=1S/C21H25N5O2S/c1-13-14(2)29-21-18(13)19(24-12-25-21)26-8-5-16(6-9-26)20(27)23-11-15-4-7-22-17(10-15)28-3/h4,7,10,12,16H,5-6,8-9,11H2,1-3H3,(H,23,27). The lowest BCUT2D eigenvalue weighted by atomic mass is 9.95. The third-order valence-electron chi connectivity index (χ3n) is 5.59. The van der Waals surface area contributed by atoms with Gasteiger partial charge in [0.25, 0.3) is 0 Å². The van der Waals surface area contributed by atoms with Gasteiger partial charge in [-0.1, -0.05) is 0 Å². The van der Waals surface area contributed by atoms with Crippen LogP contribution in [0.2, 0.25) is 0 Å². The zero-order valence-corrected chi connectivity index (χ0v) is 17.8. The van der Waals surface area contributed by atoms with Crippen LogP contribution in [0.5, 0.6) is 5.88 Å². The molecule has 1 amide bonds. The highest BCUT2D eigenvalue weighted by molar-refractivity contribution is 7.18. The molecule has 0 unspecified atom stereocenters. The molecule has 1 aliphatic rings. The molecule has 1 fully saturated rings. The lowest BCUT2D eigenvalue weighted by Crippen LogP contribution is -2.40. The summed E-state index contributed by atoms with van der Waals surface area (Å²) in [6.07, 6.45) is 4.97. The van der Waals surface area contributed by atoms with Gasteiger partial charge in [0.2, 0.25) is 11.8 Å². The van der Waals surface area contributed by atoms with Crippen LogP contribution >= 0.6 is 11.3 Å². The summed E-state index contributed by atoms with van der Waals surface area (Å²) in [5.74, 6) is 1.69. The van der Waals surface area contributed by atoms with Crippen LogP contribution in [0.3, 0.4) is 0 Å². The van der Waals surface area contributed by atoms with E-state index in [0.717, 1.165) is 47.5 Å². The molecule has 3 aromatic rings. The van der Waals surface area contributed by atoms with Crippen molar-refractivity contribution in [1.29, 1.82) is 0 Å². The lowest BCUT2D eigenvalue weighted by Gasteiger charge is -2.32. The molecule has 0 aromatic carbocycles. The van der Waals surface area contributed by atoms with Crippen molar-refractivity contribution in [2.75, 3.05) is 25.1 Å². The van der Waals surface area contributed by atoms with Crippen molar-refractivity contribution >= 4 is 33.3 Å². The predicted molar refractivity (Wildman–Crippen MR) is 114 cm³/mol. The van der Waals surface area contributed by atoms with Crippen molar-refractivity contribution < 1.29 is 9.53 Å². The number of hydrogen-bond acceptors (Lipinski definition) is 7. The van der Waals surface area contributed by atoms with Crippen molar-refractivity contribution in [2.24, 2.45) is 5.92 Å². The zero-order chi connectivity index (χ0) is 20.4. The largest absolute Gasteiger partial charge is 0.481 e. The number of pyridine rings is 1. The predicted octanol–water partition coefficient (Wildman–Crippen LogP) is 3.24. The van der Waals surface area contributed by atoms with Gasteiger partial charge in [0.1, 0.15) is 17.0 Å². The molecular weight excluding hydrogens is 386 g/mol. The molecule has 1 N–H and O–H groups in total. The summed E-state index contributed by atoms with van der Waals surface area (Å²) < 4.78 is 5.13.